The predicted molar refractivity (Wildman–Crippen MR) is 172 cm³/mol. The van der Waals surface area contributed by atoms with E-state index >= 15 is 4.39 Å². The number of anilines is 1. The Bertz CT molecular complexity index is 1960. The first-order chi connectivity index (χ1) is 22.6. The van der Waals surface area contributed by atoms with Crippen molar-refractivity contribution in [3.8, 4) is 22.7 Å². The van der Waals surface area contributed by atoms with Crippen molar-refractivity contribution in [3.63, 3.8) is 0 Å². The van der Waals surface area contributed by atoms with Crippen molar-refractivity contribution in [3.05, 3.63) is 82.3 Å². The number of hydrogen-bond donors (Lipinski definition) is 3. The smallest absolute Gasteiger partial charge is 0.355 e. The highest BCUT2D eigenvalue weighted by molar-refractivity contribution is 5.91. The minimum Gasteiger partial charge on any atom is -0.490 e. The summed E-state index contributed by atoms with van der Waals surface area (Å²) in [5.74, 6) is -1.65. The van der Waals surface area contributed by atoms with E-state index in [9.17, 15) is 19.5 Å². The Morgan fingerprint density at radius 2 is 2.02 bits per heavy atom. The summed E-state index contributed by atoms with van der Waals surface area (Å²) in [6.45, 7) is 9.07. The molecule has 0 saturated heterocycles. The van der Waals surface area contributed by atoms with Gasteiger partial charge in [0.15, 0.2) is 11.8 Å². The molecular weight excluding hydrogens is 607 g/mol. The van der Waals surface area contributed by atoms with Gasteiger partial charge in [0.05, 0.1) is 33.9 Å². The number of carbonyl (C=O) groups excluding carboxylic acids is 2. The number of fused-ring (bicyclic) bond motifs is 5. The number of pyridine rings is 2. The molecule has 3 aromatic heterocycles. The Balaban J connectivity index is 1.66. The lowest BCUT2D eigenvalue weighted by Crippen LogP contribution is -2.34. The summed E-state index contributed by atoms with van der Waals surface area (Å²) in [7, 11) is 0. The van der Waals surface area contributed by atoms with Crippen LogP contribution in [0, 0.1) is 18.7 Å². The second-order valence-corrected chi connectivity index (χ2v) is 11.9. The van der Waals surface area contributed by atoms with Crippen LogP contribution < -0.4 is 21.1 Å². The highest BCUT2D eigenvalue weighted by atomic mass is 19.1. The van der Waals surface area contributed by atoms with Crippen LogP contribution in [0.4, 0.5) is 10.2 Å². The van der Waals surface area contributed by atoms with Crippen LogP contribution in [0.1, 0.15) is 55.5 Å². The average molecular weight is 643 g/mol. The Labute approximate surface area is 269 Å². The van der Waals surface area contributed by atoms with Crippen molar-refractivity contribution in [2.45, 2.75) is 51.7 Å². The van der Waals surface area contributed by atoms with Crippen LogP contribution in [0.2, 0.25) is 0 Å². The highest BCUT2D eigenvalue weighted by Gasteiger charge is 2.38. The molecule has 1 aliphatic carbocycles. The zero-order valence-corrected chi connectivity index (χ0v) is 26.2. The topological polar surface area (TPSA) is 158 Å². The van der Waals surface area contributed by atoms with Crippen molar-refractivity contribution in [1.29, 1.82) is 0 Å². The zero-order valence-electron chi connectivity index (χ0n) is 26.2. The van der Waals surface area contributed by atoms with E-state index in [-0.39, 0.29) is 71.6 Å². The van der Waals surface area contributed by atoms with Crippen molar-refractivity contribution in [2.75, 3.05) is 25.0 Å². The summed E-state index contributed by atoms with van der Waals surface area (Å²) in [5.41, 5.74) is 1.24. The third kappa shape index (κ3) is 6.18. The Morgan fingerprint density at radius 1 is 1.23 bits per heavy atom. The van der Waals surface area contributed by atoms with Crippen molar-refractivity contribution < 1.29 is 28.6 Å². The van der Waals surface area contributed by atoms with E-state index in [0.29, 0.717) is 35.0 Å². The Morgan fingerprint density at radius 3 is 2.74 bits per heavy atom. The molecule has 2 aliphatic rings. The zero-order chi connectivity index (χ0) is 33.4. The quantitative estimate of drug-likeness (QED) is 0.146. The fourth-order valence-corrected chi connectivity index (χ4v) is 5.66. The number of nitrogens with one attached hydrogen (secondary N) is 2. The van der Waals surface area contributed by atoms with Crippen LogP contribution in [0.5, 0.6) is 5.75 Å². The molecule has 1 fully saturated rings. The average Bonchev–Trinajstić information content (AvgIpc) is 3.90. The first-order valence-corrected chi connectivity index (χ1v) is 15.5. The summed E-state index contributed by atoms with van der Waals surface area (Å²) < 4.78 is 28.9. The van der Waals surface area contributed by atoms with E-state index in [1.807, 2.05) is 13.8 Å². The number of esters is 1. The predicted octanol–water partition coefficient (Wildman–Crippen LogP) is 3.88. The minimum atomic E-state index is -1.41. The summed E-state index contributed by atoms with van der Waals surface area (Å²) in [5, 5.41) is 17.8. The molecule has 1 aromatic carbocycles. The van der Waals surface area contributed by atoms with E-state index in [1.54, 1.807) is 25.1 Å². The second-order valence-electron chi connectivity index (χ2n) is 11.9. The van der Waals surface area contributed by atoms with Gasteiger partial charge in [-0.25, -0.2) is 18.7 Å². The summed E-state index contributed by atoms with van der Waals surface area (Å²) in [6.07, 6.45) is 1.37. The van der Waals surface area contributed by atoms with Crippen LogP contribution in [0.25, 0.3) is 28.0 Å². The Hall–Kier alpha value is -5.17. The number of ether oxygens (including phenoxy) is 2. The van der Waals surface area contributed by atoms with Crippen molar-refractivity contribution in [2.24, 2.45) is 5.92 Å². The number of aliphatic hydroxyl groups excluding tert-OH is 1. The summed E-state index contributed by atoms with van der Waals surface area (Å²) >= 11 is 0. The molecule has 12 nitrogen and oxygen atoms in total. The van der Waals surface area contributed by atoms with E-state index in [0.717, 1.165) is 6.08 Å². The molecule has 2 atom stereocenters. The number of rotatable bonds is 8. The van der Waals surface area contributed by atoms with Gasteiger partial charge < -0.3 is 25.2 Å². The number of hydrogen-bond acceptors (Lipinski definition) is 10. The number of aryl methyl sites for hydroxylation is 1. The monoisotopic (exact) mass is 642 g/mol. The normalized spacial score (nSPS) is 17.1. The van der Waals surface area contributed by atoms with Crippen LogP contribution >= 0.6 is 0 Å². The SMILES string of the molecule is C=CC(=O)NCCNc1nc(=O)n2c3nc(c(C)cc13)-c1c(F)cccc1OCC(O)C(OC(=O)C1CC1)c1ccnc(C(C)C)c1-2. The van der Waals surface area contributed by atoms with Gasteiger partial charge in [0, 0.05) is 24.8 Å². The number of halogens is 1. The molecule has 4 heterocycles. The molecular formula is C34H35FN6O6. The third-order valence-corrected chi connectivity index (χ3v) is 8.15. The molecule has 244 valence electrons. The lowest BCUT2D eigenvalue weighted by Gasteiger charge is -2.29. The van der Waals surface area contributed by atoms with E-state index in [4.69, 9.17) is 14.5 Å². The first-order valence-electron chi connectivity index (χ1n) is 15.5. The maximum atomic E-state index is 15.7. The maximum absolute atomic E-state index is 15.7. The lowest BCUT2D eigenvalue weighted by atomic mass is 9.97. The molecule has 2 bridgehead atoms. The minimum absolute atomic E-state index is 0.0409. The highest BCUT2D eigenvalue weighted by Crippen LogP contribution is 2.40. The van der Waals surface area contributed by atoms with E-state index < -0.39 is 29.7 Å². The van der Waals surface area contributed by atoms with Gasteiger partial charge >= 0.3 is 11.7 Å². The molecule has 13 heteroatoms. The molecule has 2 unspecified atom stereocenters. The van der Waals surface area contributed by atoms with Crippen molar-refractivity contribution in [1.82, 2.24) is 24.8 Å². The molecule has 1 amide bonds. The van der Waals surface area contributed by atoms with Crippen LogP contribution in [-0.4, -0.2) is 62.3 Å². The van der Waals surface area contributed by atoms with Gasteiger partial charge in [0.2, 0.25) is 5.91 Å². The number of aliphatic hydroxyl groups is 1. The Kier molecular flexibility index (Phi) is 8.74. The van der Waals surface area contributed by atoms with Crippen LogP contribution in [0.15, 0.2) is 54.0 Å². The number of amides is 1. The molecule has 6 rings (SSSR count). The van der Waals surface area contributed by atoms with Gasteiger partial charge in [0.25, 0.3) is 0 Å². The lowest BCUT2D eigenvalue weighted by molar-refractivity contribution is -0.158. The maximum Gasteiger partial charge on any atom is 0.355 e. The molecule has 0 radical (unpaired) electrons. The second kappa shape index (κ2) is 12.9. The van der Waals surface area contributed by atoms with Gasteiger partial charge in [-0.05, 0) is 61.6 Å². The van der Waals surface area contributed by atoms with Crippen LogP contribution in [-0.2, 0) is 14.3 Å². The number of benzene rings is 1. The molecule has 3 N–H and O–H groups in total. The molecule has 0 spiro atoms. The largest absolute Gasteiger partial charge is 0.490 e. The van der Waals surface area contributed by atoms with Gasteiger partial charge in [-0.1, -0.05) is 26.5 Å². The molecule has 4 aromatic rings. The van der Waals surface area contributed by atoms with Crippen molar-refractivity contribution >= 4 is 28.7 Å². The fourth-order valence-electron chi connectivity index (χ4n) is 5.66. The molecule has 1 aliphatic heterocycles. The van der Waals surface area contributed by atoms with Gasteiger partial charge in [-0.15, -0.1) is 0 Å². The molecule has 47 heavy (non-hydrogen) atoms. The number of nitrogens with zero attached hydrogens (tertiary/aromatic N) is 4. The molecule has 1 saturated carbocycles. The fraction of sp³-hybridized carbons (Fsp3) is 0.353. The number of carbonyl (C=O) groups is 2. The summed E-state index contributed by atoms with van der Waals surface area (Å²) in [6, 6.07) is 7.66. The standard InChI is InChI=1S/C34H35FN6O6/c1-5-25(43)36-13-14-38-31-21-15-18(4)28-26-22(35)7-6-8-24(26)46-16-23(42)30(47-33(44)19-9-10-19)20-11-12-37-27(17(2)3)29(20)41(32(21)39-28)34(45)40-31/h5-8,11-12,15,17,19,23,30,42H,1,9-10,13-14,16H2,2-4H3,(H,36,43)(H,38,40,45). The van der Waals surface area contributed by atoms with Gasteiger partial charge in [-0.3, -0.25) is 14.6 Å². The van der Waals surface area contributed by atoms with Crippen LogP contribution in [0.3, 0.4) is 0 Å². The first kappa shape index (κ1) is 31.8. The van der Waals surface area contributed by atoms with Gasteiger partial charge in [0.1, 0.15) is 30.1 Å². The third-order valence-electron chi connectivity index (χ3n) is 8.15. The summed E-state index contributed by atoms with van der Waals surface area (Å²) in [4.78, 5) is 52.8. The van der Waals surface area contributed by atoms with E-state index in [1.165, 1.54) is 22.9 Å². The van der Waals surface area contributed by atoms with Gasteiger partial charge in [-0.2, -0.15) is 4.98 Å². The number of aromatic nitrogens is 4. The van der Waals surface area contributed by atoms with E-state index in [2.05, 4.69) is 27.2 Å².